The Labute approximate surface area is 117 Å². The van der Waals surface area contributed by atoms with Gasteiger partial charge in [-0.15, -0.1) is 0 Å². The van der Waals surface area contributed by atoms with Crippen LogP contribution in [0, 0.1) is 22.0 Å². The Morgan fingerprint density at radius 2 is 2.10 bits per heavy atom. The summed E-state index contributed by atoms with van der Waals surface area (Å²) in [5.74, 6) is 0.505. The number of hydrogen-bond acceptors (Lipinski definition) is 4. The van der Waals surface area contributed by atoms with Gasteiger partial charge in [0, 0.05) is 25.2 Å². The molecule has 6 nitrogen and oxygen atoms in total. The van der Waals surface area contributed by atoms with Crippen LogP contribution in [0.3, 0.4) is 0 Å². The summed E-state index contributed by atoms with van der Waals surface area (Å²) in [6.07, 6.45) is 0.679. The van der Waals surface area contributed by atoms with E-state index in [2.05, 4.69) is 17.6 Å². The maximum atomic E-state index is 11.9. The fraction of sp³-hybridized carbons (Fsp3) is 0.500. The number of amides is 1. The molecule has 1 amide bonds. The highest BCUT2D eigenvalue weighted by Crippen LogP contribution is 2.16. The van der Waals surface area contributed by atoms with Crippen molar-refractivity contribution in [2.24, 2.45) is 11.8 Å². The standard InChI is InChI=1S/C14H19N3O3/c1-10-8-15-9-13(10)14(18)16-7-6-11-2-4-12(5-3-11)17(19)20/h2-5,10,13,15H,6-9H2,1H3,(H,16,18)/t10-,13-/m1/s1. The molecule has 1 heterocycles. The number of hydrogen-bond donors (Lipinski definition) is 2. The number of nitrogens with zero attached hydrogens (tertiary/aromatic N) is 1. The van der Waals surface area contributed by atoms with Crippen LogP contribution in [0.2, 0.25) is 0 Å². The Hall–Kier alpha value is -1.95. The van der Waals surface area contributed by atoms with Gasteiger partial charge in [-0.05, 0) is 24.4 Å². The van der Waals surface area contributed by atoms with Gasteiger partial charge in [-0.25, -0.2) is 0 Å². The van der Waals surface area contributed by atoms with E-state index in [1.54, 1.807) is 12.1 Å². The zero-order valence-electron chi connectivity index (χ0n) is 11.5. The van der Waals surface area contributed by atoms with E-state index in [0.29, 0.717) is 18.9 Å². The van der Waals surface area contributed by atoms with Crippen molar-refractivity contribution in [1.82, 2.24) is 10.6 Å². The van der Waals surface area contributed by atoms with Crippen molar-refractivity contribution in [2.75, 3.05) is 19.6 Å². The normalized spacial score (nSPS) is 21.6. The molecule has 6 heteroatoms. The van der Waals surface area contributed by atoms with Gasteiger partial charge in [0.1, 0.15) is 0 Å². The molecule has 108 valence electrons. The Kier molecular flexibility index (Phi) is 4.68. The lowest BCUT2D eigenvalue weighted by Crippen LogP contribution is -2.35. The molecule has 2 rings (SSSR count). The van der Waals surface area contributed by atoms with E-state index in [9.17, 15) is 14.9 Å². The minimum atomic E-state index is -0.417. The lowest BCUT2D eigenvalue weighted by molar-refractivity contribution is -0.384. The largest absolute Gasteiger partial charge is 0.355 e. The second kappa shape index (κ2) is 6.47. The van der Waals surface area contributed by atoms with Gasteiger partial charge in [-0.3, -0.25) is 14.9 Å². The first-order valence-electron chi connectivity index (χ1n) is 6.79. The Balaban J connectivity index is 1.78. The smallest absolute Gasteiger partial charge is 0.269 e. The van der Waals surface area contributed by atoms with Gasteiger partial charge in [0.25, 0.3) is 5.69 Å². The molecular weight excluding hydrogens is 258 g/mol. The van der Waals surface area contributed by atoms with Crippen molar-refractivity contribution in [1.29, 1.82) is 0 Å². The summed E-state index contributed by atoms with van der Waals surface area (Å²) < 4.78 is 0. The monoisotopic (exact) mass is 277 g/mol. The Morgan fingerprint density at radius 3 is 2.65 bits per heavy atom. The van der Waals surface area contributed by atoms with Crippen LogP contribution in [-0.2, 0) is 11.2 Å². The summed E-state index contributed by atoms with van der Waals surface area (Å²) >= 11 is 0. The molecule has 1 saturated heterocycles. The zero-order valence-corrected chi connectivity index (χ0v) is 11.5. The minimum absolute atomic E-state index is 0.0480. The van der Waals surface area contributed by atoms with Gasteiger partial charge in [-0.1, -0.05) is 19.1 Å². The molecular formula is C14H19N3O3. The third kappa shape index (κ3) is 3.54. The van der Waals surface area contributed by atoms with Crippen molar-refractivity contribution < 1.29 is 9.72 Å². The number of nitrogens with one attached hydrogen (secondary N) is 2. The number of non-ortho nitro benzene ring substituents is 1. The van der Waals surface area contributed by atoms with Gasteiger partial charge in [0.05, 0.1) is 10.8 Å². The van der Waals surface area contributed by atoms with Crippen LogP contribution in [0.4, 0.5) is 5.69 Å². The van der Waals surface area contributed by atoms with E-state index in [1.807, 2.05) is 0 Å². The van der Waals surface area contributed by atoms with E-state index >= 15 is 0 Å². The lowest BCUT2D eigenvalue weighted by Gasteiger charge is -2.14. The van der Waals surface area contributed by atoms with E-state index in [-0.39, 0.29) is 17.5 Å². The molecule has 0 radical (unpaired) electrons. The highest BCUT2D eigenvalue weighted by molar-refractivity contribution is 5.79. The van der Waals surface area contributed by atoms with Gasteiger partial charge in [-0.2, -0.15) is 0 Å². The topological polar surface area (TPSA) is 84.3 Å². The van der Waals surface area contributed by atoms with Crippen molar-refractivity contribution in [3.63, 3.8) is 0 Å². The number of carbonyl (C=O) groups is 1. The average molecular weight is 277 g/mol. The molecule has 0 spiro atoms. The minimum Gasteiger partial charge on any atom is -0.355 e. The van der Waals surface area contributed by atoms with E-state index in [1.165, 1.54) is 12.1 Å². The van der Waals surface area contributed by atoms with Crippen molar-refractivity contribution in [2.45, 2.75) is 13.3 Å². The first-order chi connectivity index (χ1) is 9.58. The fourth-order valence-electron chi connectivity index (χ4n) is 2.41. The maximum Gasteiger partial charge on any atom is 0.269 e. The molecule has 1 aliphatic rings. The van der Waals surface area contributed by atoms with Crippen LogP contribution in [0.5, 0.6) is 0 Å². The van der Waals surface area contributed by atoms with Crippen molar-refractivity contribution in [3.05, 3.63) is 39.9 Å². The molecule has 0 saturated carbocycles. The highest BCUT2D eigenvalue weighted by atomic mass is 16.6. The summed E-state index contributed by atoms with van der Waals surface area (Å²) in [5.41, 5.74) is 1.07. The highest BCUT2D eigenvalue weighted by Gasteiger charge is 2.28. The molecule has 0 aliphatic carbocycles. The number of carbonyl (C=O) groups excluding carboxylic acids is 1. The maximum absolute atomic E-state index is 11.9. The Morgan fingerprint density at radius 1 is 1.40 bits per heavy atom. The van der Waals surface area contributed by atoms with E-state index < -0.39 is 4.92 Å². The molecule has 0 aromatic heterocycles. The zero-order chi connectivity index (χ0) is 14.5. The molecule has 2 atom stereocenters. The van der Waals surface area contributed by atoms with Gasteiger partial charge < -0.3 is 10.6 Å². The molecule has 2 N–H and O–H groups in total. The van der Waals surface area contributed by atoms with Crippen LogP contribution in [0.15, 0.2) is 24.3 Å². The molecule has 1 aromatic carbocycles. The summed E-state index contributed by atoms with van der Waals surface area (Å²) in [4.78, 5) is 22.1. The summed E-state index contributed by atoms with van der Waals surface area (Å²) in [5, 5.41) is 16.7. The predicted octanol–water partition coefficient (Wildman–Crippen LogP) is 1.11. The van der Waals surface area contributed by atoms with Gasteiger partial charge >= 0.3 is 0 Å². The van der Waals surface area contributed by atoms with Crippen LogP contribution in [0.1, 0.15) is 12.5 Å². The second-order valence-corrected chi connectivity index (χ2v) is 5.21. The Bertz CT molecular complexity index is 487. The molecule has 20 heavy (non-hydrogen) atoms. The molecule has 0 unspecified atom stereocenters. The van der Waals surface area contributed by atoms with Crippen molar-refractivity contribution in [3.8, 4) is 0 Å². The molecule has 1 fully saturated rings. The number of nitro groups is 1. The summed E-state index contributed by atoms with van der Waals surface area (Å²) in [6, 6.07) is 6.42. The summed E-state index contributed by atoms with van der Waals surface area (Å²) in [6.45, 7) is 4.26. The molecule has 1 aromatic rings. The number of nitro benzene ring substituents is 1. The van der Waals surface area contributed by atoms with Crippen molar-refractivity contribution >= 4 is 11.6 Å². The quantitative estimate of drug-likeness (QED) is 0.623. The molecule has 0 bridgehead atoms. The third-order valence-electron chi connectivity index (χ3n) is 3.71. The van der Waals surface area contributed by atoms with Crippen LogP contribution in [-0.4, -0.2) is 30.5 Å². The first kappa shape index (κ1) is 14.5. The van der Waals surface area contributed by atoms with Gasteiger partial charge in [0.2, 0.25) is 5.91 Å². The predicted molar refractivity (Wildman–Crippen MR) is 75.3 cm³/mol. The first-order valence-corrected chi connectivity index (χ1v) is 6.79. The van der Waals surface area contributed by atoms with E-state index in [4.69, 9.17) is 0 Å². The average Bonchev–Trinajstić information content (AvgIpc) is 2.85. The SMILES string of the molecule is C[C@@H]1CNC[C@H]1C(=O)NCCc1ccc([N+](=O)[O-])cc1. The van der Waals surface area contributed by atoms with Crippen LogP contribution < -0.4 is 10.6 Å². The van der Waals surface area contributed by atoms with E-state index in [0.717, 1.165) is 18.7 Å². The van der Waals surface area contributed by atoms with Crippen LogP contribution in [0.25, 0.3) is 0 Å². The van der Waals surface area contributed by atoms with Gasteiger partial charge in [0.15, 0.2) is 0 Å². The lowest BCUT2D eigenvalue weighted by atomic mass is 9.97. The number of benzene rings is 1. The fourth-order valence-corrected chi connectivity index (χ4v) is 2.41. The summed E-state index contributed by atoms with van der Waals surface area (Å²) in [7, 11) is 0. The third-order valence-corrected chi connectivity index (χ3v) is 3.71. The van der Waals surface area contributed by atoms with Crippen LogP contribution >= 0.6 is 0 Å². The molecule has 1 aliphatic heterocycles. The second-order valence-electron chi connectivity index (χ2n) is 5.21. The number of rotatable bonds is 5.